The van der Waals surface area contributed by atoms with Crippen molar-refractivity contribution in [2.75, 3.05) is 56.9 Å². The number of amides is 1. The van der Waals surface area contributed by atoms with Crippen molar-refractivity contribution in [2.24, 2.45) is 0 Å². The summed E-state index contributed by atoms with van der Waals surface area (Å²) in [5.41, 5.74) is -2.41. The van der Waals surface area contributed by atoms with Crippen molar-refractivity contribution >= 4 is 56.8 Å². The van der Waals surface area contributed by atoms with E-state index < -0.39 is 69.5 Å². The molecule has 0 aromatic heterocycles. The van der Waals surface area contributed by atoms with Crippen LogP contribution in [0.25, 0.3) is 0 Å². The van der Waals surface area contributed by atoms with E-state index in [4.69, 9.17) is 4.52 Å². The van der Waals surface area contributed by atoms with Crippen LogP contribution in [0.15, 0.2) is 12.1 Å². The lowest BCUT2D eigenvalue weighted by molar-refractivity contribution is -0.393. The third-order valence-corrected chi connectivity index (χ3v) is 5.74. The molecule has 0 aliphatic carbocycles. The lowest BCUT2D eigenvalue weighted by Gasteiger charge is -2.20. The molecule has 0 saturated carbocycles. The Labute approximate surface area is 202 Å². The van der Waals surface area contributed by atoms with Crippen LogP contribution in [0.2, 0.25) is 0 Å². The van der Waals surface area contributed by atoms with Crippen LogP contribution in [-0.2, 0) is 27.9 Å². The van der Waals surface area contributed by atoms with E-state index in [1.54, 1.807) is 0 Å². The standard InChI is InChI=1S/C15H22BrN4O12PS/c1-18(5-8-31-33(26,27)30-6-3-16)15(21)12-9-11(19(22)23)10-13(20(24)25)14(12)17-4-7-32-34(2,28)29/h9-10,17H,3-8H2,1-2H3,(H,26,27). The number of nitro benzene ring substituents is 2. The number of hydrogen-bond acceptors (Lipinski definition) is 12. The number of phosphoric ester groups is 1. The van der Waals surface area contributed by atoms with E-state index in [2.05, 4.69) is 30.0 Å². The molecule has 19 heteroatoms. The fraction of sp³-hybridized carbons (Fsp3) is 0.533. The van der Waals surface area contributed by atoms with Gasteiger partial charge in [-0.2, -0.15) is 8.42 Å². The Bertz CT molecular complexity index is 1070. The highest BCUT2D eigenvalue weighted by Crippen LogP contribution is 2.43. The Morgan fingerprint density at radius 1 is 1.21 bits per heavy atom. The summed E-state index contributed by atoms with van der Waals surface area (Å²) in [5, 5.41) is 25.5. The monoisotopic (exact) mass is 592 g/mol. The molecule has 1 atom stereocenters. The van der Waals surface area contributed by atoms with Crippen LogP contribution in [0, 0.1) is 20.2 Å². The lowest BCUT2D eigenvalue weighted by Crippen LogP contribution is -2.31. The topological polar surface area (TPSA) is 218 Å². The molecule has 0 radical (unpaired) electrons. The van der Waals surface area contributed by atoms with Crippen molar-refractivity contribution in [3.05, 3.63) is 37.9 Å². The molecule has 1 unspecified atom stereocenters. The molecule has 1 aromatic carbocycles. The van der Waals surface area contributed by atoms with Crippen molar-refractivity contribution < 1.29 is 45.7 Å². The predicted octanol–water partition coefficient (Wildman–Crippen LogP) is 1.49. The first kappa shape index (κ1) is 29.8. The summed E-state index contributed by atoms with van der Waals surface area (Å²) in [7, 11) is -6.94. The third kappa shape index (κ3) is 9.96. The van der Waals surface area contributed by atoms with Crippen LogP contribution in [0.3, 0.4) is 0 Å². The normalized spacial score (nSPS) is 13.2. The Hall–Kier alpha value is -2.21. The smallest absolute Gasteiger partial charge is 0.376 e. The summed E-state index contributed by atoms with van der Waals surface area (Å²) < 4.78 is 47.7. The number of benzene rings is 1. The number of hydrogen-bond donors (Lipinski definition) is 2. The summed E-state index contributed by atoms with van der Waals surface area (Å²) in [4.78, 5) is 44.2. The molecule has 0 saturated heterocycles. The Morgan fingerprint density at radius 2 is 1.82 bits per heavy atom. The lowest BCUT2D eigenvalue weighted by atomic mass is 10.1. The quantitative estimate of drug-likeness (QED) is 0.0736. The molecule has 192 valence electrons. The van der Waals surface area contributed by atoms with Crippen LogP contribution >= 0.6 is 23.8 Å². The molecule has 1 amide bonds. The first-order chi connectivity index (χ1) is 15.7. The second kappa shape index (κ2) is 13.0. The number of phosphoric acid groups is 1. The first-order valence-corrected chi connectivity index (χ1v) is 13.6. The Balaban J connectivity index is 3.16. The van der Waals surface area contributed by atoms with Crippen molar-refractivity contribution in [3.8, 4) is 0 Å². The van der Waals surface area contributed by atoms with Gasteiger partial charge in [0.25, 0.3) is 27.4 Å². The maximum Gasteiger partial charge on any atom is 0.472 e. The van der Waals surface area contributed by atoms with E-state index in [9.17, 15) is 42.9 Å². The van der Waals surface area contributed by atoms with Gasteiger partial charge in [-0.3, -0.25) is 38.3 Å². The minimum Gasteiger partial charge on any atom is -0.376 e. The highest BCUT2D eigenvalue weighted by atomic mass is 79.9. The fourth-order valence-electron chi connectivity index (χ4n) is 2.37. The van der Waals surface area contributed by atoms with Crippen LogP contribution in [0.1, 0.15) is 10.4 Å². The largest absolute Gasteiger partial charge is 0.472 e. The van der Waals surface area contributed by atoms with Crippen molar-refractivity contribution in [1.29, 1.82) is 0 Å². The number of nitro groups is 2. The van der Waals surface area contributed by atoms with Gasteiger partial charge in [-0.15, -0.1) is 0 Å². The van der Waals surface area contributed by atoms with E-state index >= 15 is 0 Å². The number of nitrogens with zero attached hydrogens (tertiary/aromatic N) is 3. The van der Waals surface area contributed by atoms with Gasteiger partial charge in [0, 0.05) is 31.5 Å². The SMILES string of the molecule is CN(CCOP(=O)(O)OCCBr)C(=O)c1cc([N+](=O)[O-])cc([N+](=O)[O-])c1NCCOS(C)(=O)=O. The van der Waals surface area contributed by atoms with Gasteiger partial charge in [-0.1, -0.05) is 15.9 Å². The average Bonchev–Trinajstić information content (AvgIpc) is 2.73. The minimum atomic E-state index is -4.37. The summed E-state index contributed by atoms with van der Waals surface area (Å²) in [5.74, 6) is -0.920. The number of likely N-dealkylation sites (N-methyl/N-ethyl adjacent to an activating group) is 1. The van der Waals surface area contributed by atoms with Gasteiger partial charge in [0.15, 0.2) is 0 Å². The van der Waals surface area contributed by atoms with Crippen LogP contribution in [-0.4, -0.2) is 85.5 Å². The molecular formula is C15H22BrN4O12PS. The number of carbonyl (C=O) groups is 1. The first-order valence-electron chi connectivity index (χ1n) is 9.17. The maximum atomic E-state index is 12.9. The summed E-state index contributed by atoms with van der Waals surface area (Å²) in [6.07, 6.45) is 0.795. The second-order valence-electron chi connectivity index (χ2n) is 6.41. The molecule has 16 nitrogen and oxygen atoms in total. The Kier molecular flexibility index (Phi) is 11.4. The molecule has 1 aromatic rings. The zero-order valence-corrected chi connectivity index (χ0v) is 21.2. The van der Waals surface area contributed by atoms with Gasteiger partial charge in [-0.05, 0) is 0 Å². The number of rotatable bonds is 15. The van der Waals surface area contributed by atoms with E-state index in [1.807, 2.05) is 0 Å². The molecule has 34 heavy (non-hydrogen) atoms. The highest BCUT2D eigenvalue weighted by Gasteiger charge is 2.29. The van der Waals surface area contributed by atoms with Crippen LogP contribution < -0.4 is 5.32 Å². The summed E-state index contributed by atoms with van der Waals surface area (Å²) >= 11 is 3.00. The van der Waals surface area contributed by atoms with Gasteiger partial charge in [0.05, 0.1) is 47.6 Å². The number of anilines is 1. The number of carbonyl (C=O) groups excluding carboxylic acids is 1. The van der Waals surface area contributed by atoms with Gasteiger partial charge >= 0.3 is 7.82 Å². The molecule has 2 N–H and O–H groups in total. The summed E-state index contributed by atoms with van der Waals surface area (Å²) in [6.45, 7) is -1.59. The molecule has 0 aliphatic rings. The third-order valence-electron chi connectivity index (χ3n) is 3.80. The van der Waals surface area contributed by atoms with Crippen LogP contribution in [0.5, 0.6) is 0 Å². The number of non-ortho nitro benzene ring substituents is 1. The molecular weight excluding hydrogens is 571 g/mol. The van der Waals surface area contributed by atoms with E-state index in [0.717, 1.165) is 17.2 Å². The molecule has 0 fully saturated rings. The van der Waals surface area contributed by atoms with Crippen molar-refractivity contribution in [2.45, 2.75) is 0 Å². The van der Waals surface area contributed by atoms with Crippen molar-refractivity contribution in [3.63, 3.8) is 0 Å². The van der Waals surface area contributed by atoms with E-state index in [0.29, 0.717) is 6.07 Å². The average molecular weight is 593 g/mol. The minimum absolute atomic E-state index is 0.113. The zero-order valence-electron chi connectivity index (χ0n) is 17.9. The maximum absolute atomic E-state index is 12.9. The van der Waals surface area contributed by atoms with Crippen molar-refractivity contribution in [1.82, 2.24) is 4.90 Å². The molecule has 1 rings (SSSR count). The highest BCUT2D eigenvalue weighted by molar-refractivity contribution is 9.09. The van der Waals surface area contributed by atoms with Gasteiger partial charge in [0.2, 0.25) is 0 Å². The summed E-state index contributed by atoms with van der Waals surface area (Å²) in [6, 6.07) is 1.45. The molecule has 0 heterocycles. The van der Waals surface area contributed by atoms with Gasteiger partial charge in [-0.25, -0.2) is 4.57 Å². The van der Waals surface area contributed by atoms with Gasteiger partial charge < -0.3 is 15.1 Å². The zero-order chi connectivity index (χ0) is 26.1. The Morgan fingerprint density at radius 3 is 2.35 bits per heavy atom. The number of nitrogens with one attached hydrogen (secondary N) is 1. The van der Waals surface area contributed by atoms with E-state index in [-0.39, 0.29) is 25.0 Å². The number of alkyl halides is 1. The fourth-order valence-corrected chi connectivity index (χ4v) is 3.88. The van der Waals surface area contributed by atoms with Crippen LogP contribution in [0.4, 0.5) is 17.1 Å². The predicted molar refractivity (Wildman–Crippen MR) is 122 cm³/mol. The number of halogens is 1. The second-order valence-corrected chi connectivity index (χ2v) is 10.3. The molecule has 0 spiro atoms. The van der Waals surface area contributed by atoms with E-state index in [1.165, 1.54) is 7.05 Å². The molecule has 0 aliphatic heterocycles. The molecule has 0 bridgehead atoms. The van der Waals surface area contributed by atoms with Gasteiger partial charge in [0.1, 0.15) is 5.69 Å².